The van der Waals surface area contributed by atoms with Gasteiger partial charge in [0.05, 0.1) is 0 Å². The number of benzene rings is 1. The summed E-state index contributed by atoms with van der Waals surface area (Å²) in [5, 5.41) is 3.57. The molecule has 27 heavy (non-hydrogen) atoms. The molecule has 1 unspecified atom stereocenters. The van der Waals surface area contributed by atoms with E-state index in [1.807, 2.05) is 39.8 Å². The molecule has 2 rings (SSSR count). The third kappa shape index (κ3) is 6.31. The summed E-state index contributed by atoms with van der Waals surface area (Å²) in [7, 11) is 1.74. The highest BCUT2D eigenvalue weighted by Crippen LogP contribution is 2.24. The molecule has 1 atom stereocenters. The molecular weight excluding hydrogens is 366 g/mol. The van der Waals surface area contributed by atoms with Gasteiger partial charge in [-0.2, -0.15) is 0 Å². The number of anilines is 1. The Morgan fingerprint density at radius 1 is 1.37 bits per heavy atom. The maximum atomic E-state index is 12.7. The standard InChI is InChI=1S/C20H30ClN3O3/c1-14-16(21)9-6-10-17(14)22-18(25)24-11-7-8-15(13-24)12-23(5)19(26)27-20(2,3)4/h6,9-10,15H,7-8,11-13H2,1-5H3,(H,22,25). The van der Waals surface area contributed by atoms with Crippen molar-refractivity contribution in [3.05, 3.63) is 28.8 Å². The van der Waals surface area contributed by atoms with Crippen molar-refractivity contribution in [3.63, 3.8) is 0 Å². The second-order valence-electron chi connectivity index (χ2n) is 8.16. The van der Waals surface area contributed by atoms with E-state index in [1.54, 1.807) is 22.9 Å². The number of nitrogens with one attached hydrogen (secondary N) is 1. The minimum absolute atomic E-state index is 0.134. The summed E-state index contributed by atoms with van der Waals surface area (Å²) in [5.41, 5.74) is 1.06. The largest absolute Gasteiger partial charge is 0.444 e. The second kappa shape index (κ2) is 8.83. The van der Waals surface area contributed by atoms with Crippen molar-refractivity contribution in [2.24, 2.45) is 5.92 Å². The number of nitrogens with zero attached hydrogens (tertiary/aromatic N) is 2. The third-order valence-corrected chi connectivity index (χ3v) is 4.96. The van der Waals surface area contributed by atoms with Crippen molar-refractivity contribution in [2.75, 3.05) is 32.0 Å². The number of piperidine rings is 1. The predicted molar refractivity (Wildman–Crippen MR) is 108 cm³/mol. The molecule has 0 aromatic heterocycles. The lowest BCUT2D eigenvalue weighted by atomic mass is 9.98. The number of urea groups is 1. The van der Waals surface area contributed by atoms with Crippen molar-refractivity contribution >= 4 is 29.4 Å². The summed E-state index contributed by atoms with van der Waals surface area (Å²) in [6, 6.07) is 5.33. The van der Waals surface area contributed by atoms with E-state index in [0.29, 0.717) is 24.7 Å². The van der Waals surface area contributed by atoms with Crippen LogP contribution in [0.3, 0.4) is 0 Å². The monoisotopic (exact) mass is 395 g/mol. The van der Waals surface area contributed by atoms with E-state index in [-0.39, 0.29) is 18.0 Å². The average Bonchev–Trinajstić information content (AvgIpc) is 2.57. The SMILES string of the molecule is Cc1c(Cl)cccc1NC(=O)N1CCCC(CN(C)C(=O)OC(C)(C)C)C1. The van der Waals surface area contributed by atoms with Gasteiger partial charge in [-0.3, -0.25) is 0 Å². The molecule has 1 aliphatic heterocycles. The molecule has 1 aliphatic rings. The van der Waals surface area contributed by atoms with E-state index >= 15 is 0 Å². The molecule has 0 spiro atoms. The Balaban J connectivity index is 1.92. The van der Waals surface area contributed by atoms with Crippen LogP contribution in [0.5, 0.6) is 0 Å². The number of carbonyl (C=O) groups excluding carboxylic acids is 2. The molecule has 1 N–H and O–H groups in total. The van der Waals surface area contributed by atoms with Crippen molar-refractivity contribution in [3.8, 4) is 0 Å². The minimum Gasteiger partial charge on any atom is -0.444 e. The first-order valence-corrected chi connectivity index (χ1v) is 9.70. The van der Waals surface area contributed by atoms with Gasteiger partial charge in [0.25, 0.3) is 0 Å². The number of hydrogen-bond donors (Lipinski definition) is 1. The predicted octanol–water partition coefficient (Wildman–Crippen LogP) is 4.76. The van der Waals surface area contributed by atoms with Crippen LogP contribution < -0.4 is 5.32 Å². The first-order chi connectivity index (χ1) is 12.6. The summed E-state index contributed by atoms with van der Waals surface area (Å²) in [5.74, 6) is 0.225. The molecule has 1 aromatic rings. The molecular formula is C20H30ClN3O3. The Kier molecular flexibility index (Phi) is 6.98. The fourth-order valence-electron chi connectivity index (χ4n) is 3.14. The van der Waals surface area contributed by atoms with Gasteiger partial charge in [0.1, 0.15) is 5.60 Å². The molecule has 150 valence electrons. The van der Waals surface area contributed by atoms with Crippen molar-refractivity contribution in [1.29, 1.82) is 0 Å². The molecule has 0 bridgehead atoms. The van der Waals surface area contributed by atoms with Crippen molar-refractivity contribution in [1.82, 2.24) is 9.80 Å². The molecule has 0 saturated carbocycles. The summed E-state index contributed by atoms with van der Waals surface area (Å²) in [4.78, 5) is 28.2. The van der Waals surface area contributed by atoms with Crippen LogP contribution in [0.25, 0.3) is 0 Å². The summed E-state index contributed by atoms with van der Waals surface area (Å²) in [6.45, 7) is 9.31. The molecule has 1 aromatic carbocycles. The molecule has 7 heteroatoms. The summed E-state index contributed by atoms with van der Waals surface area (Å²) in [6.07, 6.45) is 1.56. The first kappa shape index (κ1) is 21.4. The van der Waals surface area contributed by atoms with Gasteiger partial charge in [-0.15, -0.1) is 0 Å². The van der Waals surface area contributed by atoms with Gasteiger partial charge in [0, 0.05) is 37.4 Å². The smallest absolute Gasteiger partial charge is 0.410 e. The third-order valence-electron chi connectivity index (χ3n) is 4.55. The number of rotatable bonds is 3. The van der Waals surface area contributed by atoms with E-state index in [0.717, 1.165) is 24.1 Å². The van der Waals surface area contributed by atoms with Crippen LogP contribution >= 0.6 is 11.6 Å². The molecule has 1 heterocycles. The molecule has 0 radical (unpaired) electrons. The molecule has 3 amide bonds. The molecule has 1 fully saturated rings. The Morgan fingerprint density at radius 2 is 2.07 bits per heavy atom. The van der Waals surface area contributed by atoms with Crippen LogP contribution in [0.1, 0.15) is 39.2 Å². The Hall–Kier alpha value is -1.95. The van der Waals surface area contributed by atoms with Gasteiger partial charge >= 0.3 is 12.1 Å². The summed E-state index contributed by atoms with van der Waals surface area (Å²) < 4.78 is 5.40. The zero-order chi connectivity index (χ0) is 20.2. The van der Waals surface area contributed by atoms with Gasteiger partial charge in [-0.1, -0.05) is 17.7 Å². The number of likely N-dealkylation sites (tertiary alicyclic amines) is 1. The number of amides is 3. The Morgan fingerprint density at radius 3 is 2.74 bits per heavy atom. The highest BCUT2D eigenvalue weighted by atomic mass is 35.5. The Bertz CT molecular complexity index is 688. The number of carbonyl (C=O) groups is 2. The van der Waals surface area contributed by atoms with E-state index in [2.05, 4.69) is 5.32 Å². The highest BCUT2D eigenvalue weighted by Gasteiger charge is 2.27. The van der Waals surface area contributed by atoms with Gasteiger partial charge in [-0.25, -0.2) is 9.59 Å². The Labute approximate surface area is 166 Å². The zero-order valence-corrected chi connectivity index (χ0v) is 17.6. The number of hydrogen-bond acceptors (Lipinski definition) is 3. The van der Waals surface area contributed by atoms with Crippen LogP contribution in [0.15, 0.2) is 18.2 Å². The van der Waals surface area contributed by atoms with Crippen LogP contribution in [0, 0.1) is 12.8 Å². The first-order valence-electron chi connectivity index (χ1n) is 9.32. The molecule has 0 aliphatic carbocycles. The second-order valence-corrected chi connectivity index (χ2v) is 8.56. The van der Waals surface area contributed by atoms with Crippen molar-refractivity contribution in [2.45, 2.75) is 46.1 Å². The fourth-order valence-corrected chi connectivity index (χ4v) is 3.31. The highest BCUT2D eigenvalue weighted by molar-refractivity contribution is 6.31. The van der Waals surface area contributed by atoms with Gasteiger partial charge in [0.15, 0.2) is 0 Å². The van der Waals surface area contributed by atoms with E-state index < -0.39 is 5.60 Å². The molecule has 6 nitrogen and oxygen atoms in total. The number of halogens is 1. The topological polar surface area (TPSA) is 61.9 Å². The van der Waals surface area contributed by atoms with Crippen molar-refractivity contribution < 1.29 is 14.3 Å². The van der Waals surface area contributed by atoms with Crippen LogP contribution in [-0.4, -0.2) is 54.2 Å². The lowest BCUT2D eigenvalue weighted by molar-refractivity contribution is 0.0253. The van der Waals surface area contributed by atoms with Gasteiger partial charge in [-0.05, 0) is 64.2 Å². The van der Waals surface area contributed by atoms with Crippen LogP contribution in [0.4, 0.5) is 15.3 Å². The minimum atomic E-state index is -0.515. The fraction of sp³-hybridized carbons (Fsp3) is 0.600. The quantitative estimate of drug-likeness (QED) is 0.802. The zero-order valence-electron chi connectivity index (χ0n) is 16.8. The van der Waals surface area contributed by atoms with Gasteiger partial charge < -0.3 is 19.9 Å². The lowest BCUT2D eigenvalue weighted by Gasteiger charge is -2.35. The van der Waals surface area contributed by atoms with Gasteiger partial charge in [0.2, 0.25) is 0 Å². The summed E-state index contributed by atoms with van der Waals surface area (Å²) >= 11 is 6.12. The van der Waals surface area contributed by atoms with E-state index in [9.17, 15) is 9.59 Å². The molecule has 1 saturated heterocycles. The van der Waals surface area contributed by atoms with Crippen LogP contribution in [-0.2, 0) is 4.74 Å². The van der Waals surface area contributed by atoms with E-state index in [4.69, 9.17) is 16.3 Å². The lowest BCUT2D eigenvalue weighted by Crippen LogP contribution is -2.46. The maximum absolute atomic E-state index is 12.7. The van der Waals surface area contributed by atoms with E-state index in [1.165, 1.54) is 0 Å². The normalized spacial score (nSPS) is 17.4. The van der Waals surface area contributed by atoms with Crippen LogP contribution in [0.2, 0.25) is 5.02 Å². The average molecular weight is 396 g/mol. The maximum Gasteiger partial charge on any atom is 0.410 e. The number of ether oxygens (including phenoxy) is 1.